The Bertz CT molecular complexity index is 491. The van der Waals surface area contributed by atoms with E-state index in [9.17, 15) is 4.79 Å². The van der Waals surface area contributed by atoms with Crippen molar-refractivity contribution in [3.05, 3.63) is 35.9 Å². The maximum absolute atomic E-state index is 12.1. The minimum Gasteiger partial charge on any atom is -0.444 e. The van der Waals surface area contributed by atoms with Crippen molar-refractivity contribution in [2.75, 3.05) is 19.6 Å². The summed E-state index contributed by atoms with van der Waals surface area (Å²) in [4.78, 5) is 13.9. The second-order valence-corrected chi connectivity index (χ2v) is 7.11. The fraction of sp³-hybridized carbons (Fsp3) is 0.611. The predicted octanol–water partition coefficient (Wildman–Crippen LogP) is 2.68. The van der Waals surface area contributed by atoms with Gasteiger partial charge in [-0.05, 0) is 39.2 Å². The second-order valence-electron chi connectivity index (χ2n) is 7.11. The van der Waals surface area contributed by atoms with Crippen molar-refractivity contribution in [1.82, 2.24) is 10.2 Å². The molecule has 1 amide bonds. The molecule has 5 nitrogen and oxygen atoms in total. The highest BCUT2D eigenvalue weighted by molar-refractivity contribution is 5.68. The number of piperidine rings is 1. The molecule has 0 spiro atoms. The molecular formula is C18H29N3O2. The molecule has 5 heteroatoms. The summed E-state index contributed by atoms with van der Waals surface area (Å²) >= 11 is 0. The van der Waals surface area contributed by atoms with Crippen LogP contribution in [0.15, 0.2) is 30.3 Å². The van der Waals surface area contributed by atoms with Gasteiger partial charge in [-0.1, -0.05) is 30.3 Å². The van der Waals surface area contributed by atoms with E-state index in [4.69, 9.17) is 10.5 Å². The Morgan fingerprint density at radius 3 is 2.43 bits per heavy atom. The van der Waals surface area contributed by atoms with Crippen LogP contribution in [0, 0.1) is 0 Å². The Morgan fingerprint density at radius 2 is 1.91 bits per heavy atom. The molecule has 1 fully saturated rings. The number of likely N-dealkylation sites (tertiary alicyclic amines) is 1. The fourth-order valence-corrected chi connectivity index (χ4v) is 2.83. The number of hydrogen-bond donors (Lipinski definition) is 2. The smallest absolute Gasteiger partial charge is 0.410 e. The zero-order valence-electron chi connectivity index (χ0n) is 14.4. The van der Waals surface area contributed by atoms with E-state index in [-0.39, 0.29) is 12.1 Å². The third-order valence-electron chi connectivity index (χ3n) is 4.02. The normalized spacial score (nSPS) is 17.8. The number of carbonyl (C=O) groups is 1. The van der Waals surface area contributed by atoms with E-state index in [1.807, 2.05) is 39.0 Å². The van der Waals surface area contributed by atoms with Crippen LogP contribution in [0.4, 0.5) is 4.79 Å². The minimum absolute atomic E-state index is 0.161. The number of nitrogens with two attached hydrogens (primary N) is 1. The molecule has 1 aromatic rings. The summed E-state index contributed by atoms with van der Waals surface area (Å²) in [7, 11) is 0. The fourth-order valence-electron chi connectivity index (χ4n) is 2.83. The maximum atomic E-state index is 12.1. The Balaban J connectivity index is 1.83. The molecule has 1 unspecified atom stereocenters. The van der Waals surface area contributed by atoms with Gasteiger partial charge in [0.2, 0.25) is 0 Å². The predicted molar refractivity (Wildman–Crippen MR) is 92.2 cm³/mol. The summed E-state index contributed by atoms with van der Waals surface area (Å²) in [5.41, 5.74) is 6.69. The van der Waals surface area contributed by atoms with Gasteiger partial charge in [-0.15, -0.1) is 0 Å². The highest BCUT2D eigenvalue weighted by atomic mass is 16.6. The maximum Gasteiger partial charge on any atom is 0.410 e. The molecular weight excluding hydrogens is 290 g/mol. The molecule has 0 saturated carbocycles. The topological polar surface area (TPSA) is 67.6 Å². The Morgan fingerprint density at radius 1 is 1.30 bits per heavy atom. The van der Waals surface area contributed by atoms with E-state index >= 15 is 0 Å². The number of ether oxygens (including phenoxy) is 1. The van der Waals surface area contributed by atoms with Gasteiger partial charge in [-0.3, -0.25) is 0 Å². The van der Waals surface area contributed by atoms with Gasteiger partial charge in [0.15, 0.2) is 0 Å². The third-order valence-corrected chi connectivity index (χ3v) is 4.02. The lowest BCUT2D eigenvalue weighted by molar-refractivity contribution is 0.0196. The van der Waals surface area contributed by atoms with Gasteiger partial charge in [0, 0.05) is 31.7 Å². The number of nitrogens with zero attached hydrogens (tertiary/aromatic N) is 1. The average Bonchev–Trinajstić information content (AvgIpc) is 2.52. The van der Waals surface area contributed by atoms with Crippen LogP contribution in [-0.2, 0) is 4.74 Å². The van der Waals surface area contributed by atoms with E-state index in [1.54, 1.807) is 4.90 Å². The quantitative estimate of drug-likeness (QED) is 0.895. The van der Waals surface area contributed by atoms with E-state index in [1.165, 1.54) is 5.56 Å². The highest BCUT2D eigenvalue weighted by Crippen LogP contribution is 2.19. The van der Waals surface area contributed by atoms with Crippen LogP contribution in [0.2, 0.25) is 0 Å². The number of carbonyl (C=O) groups excluding carboxylic acids is 1. The molecule has 1 aliphatic rings. The number of nitrogens with one attached hydrogen (secondary N) is 1. The van der Waals surface area contributed by atoms with Crippen molar-refractivity contribution >= 4 is 6.09 Å². The summed E-state index contributed by atoms with van der Waals surface area (Å²) in [5, 5.41) is 3.63. The van der Waals surface area contributed by atoms with Crippen molar-refractivity contribution in [3.8, 4) is 0 Å². The van der Waals surface area contributed by atoms with Crippen molar-refractivity contribution in [3.63, 3.8) is 0 Å². The van der Waals surface area contributed by atoms with Gasteiger partial charge in [-0.2, -0.15) is 0 Å². The molecule has 1 saturated heterocycles. The lowest BCUT2D eigenvalue weighted by Gasteiger charge is -2.35. The first-order valence-electron chi connectivity index (χ1n) is 8.38. The first-order valence-corrected chi connectivity index (χ1v) is 8.38. The summed E-state index contributed by atoms with van der Waals surface area (Å²) < 4.78 is 5.43. The molecule has 0 aromatic heterocycles. The molecule has 1 heterocycles. The van der Waals surface area contributed by atoms with Gasteiger partial charge < -0.3 is 20.7 Å². The zero-order chi connectivity index (χ0) is 16.9. The molecule has 0 radical (unpaired) electrons. The average molecular weight is 319 g/mol. The van der Waals surface area contributed by atoms with Crippen molar-refractivity contribution < 1.29 is 9.53 Å². The molecule has 1 aliphatic heterocycles. The number of hydrogen-bond acceptors (Lipinski definition) is 4. The van der Waals surface area contributed by atoms with E-state index in [2.05, 4.69) is 17.4 Å². The summed E-state index contributed by atoms with van der Waals surface area (Å²) in [6, 6.07) is 10.8. The van der Waals surface area contributed by atoms with Crippen LogP contribution >= 0.6 is 0 Å². The summed E-state index contributed by atoms with van der Waals surface area (Å²) in [5.74, 6) is 0. The second kappa shape index (κ2) is 7.79. The molecule has 3 N–H and O–H groups in total. The molecule has 0 aliphatic carbocycles. The van der Waals surface area contributed by atoms with Crippen LogP contribution in [0.1, 0.15) is 45.2 Å². The van der Waals surface area contributed by atoms with Gasteiger partial charge in [0.25, 0.3) is 0 Å². The van der Waals surface area contributed by atoms with Crippen LogP contribution in [0.25, 0.3) is 0 Å². The molecule has 2 rings (SSSR count). The monoisotopic (exact) mass is 319 g/mol. The van der Waals surface area contributed by atoms with Gasteiger partial charge in [0.05, 0.1) is 0 Å². The zero-order valence-corrected chi connectivity index (χ0v) is 14.4. The summed E-state index contributed by atoms with van der Waals surface area (Å²) in [6.45, 7) is 7.69. The number of amides is 1. The van der Waals surface area contributed by atoms with E-state index < -0.39 is 5.60 Å². The Kier molecular flexibility index (Phi) is 6.02. The van der Waals surface area contributed by atoms with E-state index in [0.29, 0.717) is 12.6 Å². The highest BCUT2D eigenvalue weighted by Gasteiger charge is 2.27. The number of rotatable bonds is 4. The first kappa shape index (κ1) is 17.8. The molecule has 1 atom stereocenters. The van der Waals surface area contributed by atoms with Crippen molar-refractivity contribution in [2.45, 2.75) is 51.3 Å². The molecule has 1 aromatic carbocycles. The van der Waals surface area contributed by atoms with Gasteiger partial charge in [-0.25, -0.2) is 4.79 Å². The molecule has 128 valence electrons. The molecule has 0 bridgehead atoms. The standard InChI is InChI=1S/C18H29N3O2/c1-18(2,3)23-17(22)21-11-9-15(10-12-21)20-16(13-19)14-7-5-4-6-8-14/h4-8,15-16,20H,9-13,19H2,1-3H3. The van der Waals surface area contributed by atoms with E-state index in [0.717, 1.165) is 25.9 Å². The Labute approximate surface area is 139 Å². The minimum atomic E-state index is -0.440. The lowest BCUT2D eigenvalue weighted by atomic mass is 10.0. The first-order chi connectivity index (χ1) is 10.9. The van der Waals surface area contributed by atoms with Crippen molar-refractivity contribution in [2.24, 2.45) is 5.73 Å². The van der Waals surface area contributed by atoms with Crippen molar-refractivity contribution in [1.29, 1.82) is 0 Å². The largest absolute Gasteiger partial charge is 0.444 e. The SMILES string of the molecule is CC(C)(C)OC(=O)N1CCC(NC(CN)c2ccccc2)CC1. The van der Waals surface area contributed by atoms with Gasteiger partial charge in [0.1, 0.15) is 5.60 Å². The van der Waals surface area contributed by atoms with Crippen LogP contribution in [-0.4, -0.2) is 42.3 Å². The Hall–Kier alpha value is -1.59. The molecule has 23 heavy (non-hydrogen) atoms. The number of benzene rings is 1. The van der Waals surface area contributed by atoms with Crippen LogP contribution in [0.3, 0.4) is 0 Å². The third kappa shape index (κ3) is 5.52. The van der Waals surface area contributed by atoms with Gasteiger partial charge >= 0.3 is 6.09 Å². The van der Waals surface area contributed by atoms with Crippen LogP contribution < -0.4 is 11.1 Å². The summed E-state index contributed by atoms with van der Waals surface area (Å²) in [6.07, 6.45) is 1.62. The lowest BCUT2D eigenvalue weighted by Crippen LogP contribution is -2.48. The van der Waals surface area contributed by atoms with Crippen LogP contribution in [0.5, 0.6) is 0 Å².